The lowest BCUT2D eigenvalue weighted by atomic mass is 9.80. The van der Waals surface area contributed by atoms with Gasteiger partial charge in [0.15, 0.2) is 0 Å². The molecule has 0 radical (unpaired) electrons. The van der Waals surface area contributed by atoms with Crippen molar-refractivity contribution in [2.45, 2.75) is 44.1 Å². The Hall–Kier alpha value is -3.86. The summed E-state index contributed by atoms with van der Waals surface area (Å²) in [7, 11) is 0. The highest BCUT2D eigenvalue weighted by atomic mass is 35.5. The normalized spacial score (nSPS) is 18.6. The highest BCUT2D eigenvalue weighted by molar-refractivity contribution is 6.31. The van der Waals surface area contributed by atoms with E-state index in [1.165, 1.54) is 0 Å². The summed E-state index contributed by atoms with van der Waals surface area (Å²) in [5, 5.41) is 21.6. The van der Waals surface area contributed by atoms with Gasteiger partial charge in [-0.1, -0.05) is 35.9 Å². The second kappa shape index (κ2) is 9.89. The highest BCUT2D eigenvalue weighted by Gasteiger charge is 2.26. The molecule has 2 aromatic carbocycles. The Morgan fingerprint density at radius 3 is 2.65 bits per heavy atom. The summed E-state index contributed by atoms with van der Waals surface area (Å²) in [5.74, 6) is 3.07. The lowest BCUT2D eigenvalue weighted by Crippen LogP contribution is -2.13. The van der Waals surface area contributed by atoms with Gasteiger partial charge in [0.1, 0.15) is 34.6 Å². The van der Waals surface area contributed by atoms with Gasteiger partial charge >= 0.3 is 0 Å². The molecule has 1 aliphatic rings. The van der Waals surface area contributed by atoms with Crippen LogP contribution in [0.1, 0.15) is 61.1 Å². The SMILES string of the molecule is N#CCC1CCC(c2nc3c(cnc4[nH]cc(C(O)c5ccc(Oc6ccccc6)cc5Cl)c43)[nH]2)CC1. The lowest BCUT2D eigenvalue weighted by Gasteiger charge is -2.25. The molecule has 0 saturated heterocycles. The number of nitrogens with one attached hydrogen (secondary N) is 2. The van der Waals surface area contributed by atoms with Crippen LogP contribution in [0.4, 0.5) is 0 Å². The van der Waals surface area contributed by atoms with Crippen LogP contribution in [-0.4, -0.2) is 25.0 Å². The minimum absolute atomic E-state index is 0.330. The van der Waals surface area contributed by atoms with E-state index in [-0.39, 0.29) is 0 Å². The van der Waals surface area contributed by atoms with Gasteiger partial charge in [-0.05, 0) is 55.9 Å². The fourth-order valence-corrected chi connectivity index (χ4v) is 5.63. The predicted octanol–water partition coefficient (Wildman–Crippen LogP) is 7.15. The summed E-state index contributed by atoms with van der Waals surface area (Å²) in [5.41, 5.74) is 3.54. The van der Waals surface area contributed by atoms with E-state index in [2.05, 4.69) is 21.0 Å². The number of H-pyrrole nitrogens is 2. The Balaban J connectivity index is 1.30. The molecule has 186 valence electrons. The molecule has 7 nitrogen and oxygen atoms in total. The van der Waals surface area contributed by atoms with Crippen LogP contribution in [0.3, 0.4) is 0 Å². The molecular formula is C29H26ClN5O2. The van der Waals surface area contributed by atoms with E-state index in [0.717, 1.165) is 47.9 Å². The van der Waals surface area contributed by atoms with Crippen molar-refractivity contribution < 1.29 is 9.84 Å². The average molecular weight is 512 g/mol. The first-order valence-electron chi connectivity index (χ1n) is 12.5. The number of para-hydroxylation sites is 1. The molecule has 1 unspecified atom stereocenters. The third-order valence-electron chi connectivity index (χ3n) is 7.35. The first-order chi connectivity index (χ1) is 18.1. The van der Waals surface area contributed by atoms with Gasteiger partial charge < -0.3 is 19.8 Å². The van der Waals surface area contributed by atoms with Gasteiger partial charge in [0.25, 0.3) is 0 Å². The number of pyridine rings is 1. The summed E-state index contributed by atoms with van der Waals surface area (Å²) < 4.78 is 5.88. The molecule has 1 aliphatic carbocycles. The number of aliphatic hydroxyl groups excluding tert-OH is 1. The highest BCUT2D eigenvalue weighted by Crippen LogP contribution is 2.39. The molecule has 0 aliphatic heterocycles. The molecule has 3 N–H and O–H groups in total. The number of aliphatic hydroxyl groups is 1. The Bertz CT molecular complexity index is 1600. The van der Waals surface area contributed by atoms with Crippen LogP contribution in [0, 0.1) is 17.2 Å². The number of ether oxygens (including phenoxy) is 1. The fourth-order valence-electron chi connectivity index (χ4n) is 5.36. The molecule has 0 spiro atoms. The first kappa shape index (κ1) is 23.5. The topological polar surface area (TPSA) is 111 Å². The monoisotopic (exact) mass is 511 g/mol. The molecule has 1 saturated carbocycles. The van der Waals surface area contributed by atoms with E-state index >= 15 is 0 Å². The number of halogens is 1. The molecule has 5 aromatic rings. The van der Waals surface area contributed by atoms with E-state index < -0.39 is 6.10 Å². The van der Waals surface area contributed by atoms with E-state index in [9.17, 15) is 5.11 Å². The number of nitriles is 1. The van der Waals surface area contributed by atoms with Crippen LogP contribution in [0.5, 0.6) is 11.5 Å². The molecule has 3 aromatic heterocycles. The number of aromatic nitrogens is 4. The van der Waals surface area contributed by atoms with Crippen molar-refractivity contribution in [1.29, 1.82) is 5.26 Å². The van der Waals surface area contributed by atoms with Crippen LogP contribution >= 0.6 is 11.6 Å². The van der Waals surface area contributed by atoms with Crippen LogP contribution in [-0.2, 0) is 0 Å². The number of hydrogen-bond acceptors (Lipinski definition) is 5. The van der Waals surface area contributed by atoms with Crippen molar-refractivity contribution in [2.75, 3.05) is 0 Å². The summed E-state index contributed by atoms with van der Waals surface area (Å²) >= 11 is 6.61. The maximum absolute atomic E-state index is 11.4. The zero-order valence-corrected chi connectivity index (χ0v) is 20.9. The number of imidazole rings is 1. The molecule has 37 heavy (non-hydrogen) atoms. The molecule has 6 rings (SSSR count). The number of nitrogens with zero attached hydrogens (tertiary/aromatic N) is 3. The summed E-state index contributed by atoms with van der Waals surface area (Å²) in [6, 6.07) is 17.1. The molecule has 0 amide bonds. The molecule has 3 heterocycles. The van der Waals surface area contributed by atoms with Crippen molar-refractivity contribution >= 4 is 33.7 Å². The minimum atomic E-state index is -0.971. The predicted molar refractivity (Wildman–Crippen MR) is 143 cm³/mol. The number of benzene rings is 2. The second-order valence-electron chi connectivity index (χ2n) is 9.69. The quantitative estimate of drug-likeness (QED) is 0.224. The van der Waals surface area contributed by atoms with E-state index in [1.807, 2.05) is 30.3 Å². The summed E-state index contributed by atoms with van der Waals surface area (Å²) in [6.07, 6.45) is 7.32. The van der Waals surface area contributed by atoms with Crippen molar-refractivity contribution in [2.24, 2.45) is 5.92 Å². The van der Waals surface area contributed by atoms with Gasteiger partial charge in [0.2, 0.25) is 0 Å². The Labute approximate surface area is 219 Å². The van der Waals surface area contributed by atoms with E-state index in [1.54, 1.807) is 30.6 Å². The Kier molecular flexibility index (Phi) is 6.29. The largest absolute Gasteiger partial charge is 0.457 e. The number of fused-ring (bicyclic) bond motifs is 3. The minimum Gasteiger partial charge on any atom is -0.457 e. The molecule has 8 heteroatoms. The third-order valence-corrected chi connectivity index (χ3v) is 7.68. The molecular weight excluding hydrogens is 486 g/mol. The van der Waals surface area contributed by atoms with Crippen molar-refractivity contribution in [3.63, 3.8) is 0 Å². The lowest BCUT2D eigenvalue weighted by molar-refractivity contribution is 0.222. The fraction of sp³-hybridized carbons (Fsp3) is 0.276. The number of hydrogen-bond donors (Lipinski definition) is 3. The van der Waals surface area contributed by atoms with Gasteiger partial charge in [-0.15, -0.1) is 0 Å². The zero-order chi connectivity index (χ0) is 25.4. The molecule has 0 bridgehead atoms. The third kappa shape index (κ3) is 4.55. The average Bonchev–Trinajstić information content (AvgIpc) is 3.54. The Morgan fingerprint density at radius 2 is 1.89 bits per heavy atom. The van der Waals surface area contributed by atoms with Crippen LogP contribution in [0.15, 0.2) is 60.9 Å². The summed E-state index contributed by atoms with van der Waals surface area (Å²) in [6.45, 7) is 0. The molecule has 1 atom stereocenters. The number of rotatable bonds is 6. The second-order valence-corrected chi connectivity index (χ2v) is 10.1. The Morgan fingerprint density at radius 1 is 1.08 bits per heavy atom. The smallest absolute Gasteiger partial charge is 0.139 e. The molecule has 1 fully saturated rings. The number of aromatic amines is 2. The van der Waals surface area contributed by atoms with Gasteiger partial charge in [0.05, 0.1) is 28.2 Å². The van der Waals surface area contributed by atoms with E-state index in [0.29, 0.717) is 51.6 Å². The zero-order valence-electron chi connectivity index (χ0n) is 20.1. The maximum atomic E-state index is 11.4. The van der Waals surface area contributed by atoms with Gasteiger partial charge in [-0.3, -0.25) is 0 Å². The van der Waals surface area contributed by atoms with Crippen LogP contribution in [0.2, 0.25) is 5.02 Å². The van der Waals surface area contributed by atoms with Crippen LogP contribution < -0.4 is 4.74 Å². The van der Waals surface area contributed by atoms with E-state index in [4.69, 9.17) is 26.6 Å². The van der Waals surface area contributed by atoms with Crippen LogP contribution in [0.25, 0.3) is 22.1 Å². The van der Waals surface area contributed by atoms with Crippen molar-refractivity contribution in [3.05, 3.63) is 82.9 Å². The van der Waals surface area contributed by atoms with Crippen molar-refractivity contribution in [3.8, 4) is 17.6 Å². The first-order valence-corrected chi connectivity index (χ1v) is 12.9. The van der Waals surface area contributed by atoms with Gasteiger partial charge in [-0.25, -0.2) is 9.97 Å². The standard InChI is InChI=1S/C29H26ClN5O2/c30-23-14-20(37-19-4-2-1-3-5-19)10-11-21(23)27(36)22-15-32-29-25(22)26-24(16-33-29)34-28(35-26)18-8-6-17(7-9-18)12-13-31/h1-5,10-11,14-18,27,36H,6-9,12H2,(H,32,33)(H,34,35). The van der Waals surface area contributed by atoms with Gasteiger partial charge in [0, 0.05) is 29.7 Å². The summed E-state index contributed by atoms with van der Waals surface area (Å²) in [4.78, 5) is 16.2. The van der Waals surface area contributed by atoms with Gasteiger partial charge in [-0.2, -0.15) is 5.26 Å². The maximum Gasteiger partial charge on any atom is 0.139 e. The van der Waals surface area contributed by atoms with Crippen molar-refractivity contribution in [1.82, 2.24) is 19.9 Å².